The van der Waals surface area contributed by atoms with Crippen molar-refractivity contribution in [3.8, 4) is 0 Å². The van der Waals surface area contributed by atoms with Crippen molar-refractivity contribution in [1.29, 1.82) is 0 Å². The maximum Gasteiger partial charge on any atom is 0.303 e. The molecule has 1 atom stereocenters. The fourth-order valence-electron chi connectivity index (χ4n) is 2.36. The van der Waals surface area contributed by atoms with Gasteiger partial charge in [-0.3, -0.25) is 9.59 Å². The van der Waals surface area contributed by atoms with E-state index in [9.17, 15) is 14.0 Å². The average Bonchev–Trinajstić information content (AvgIpc) is 2.32. The number of hydrogen-bond acceptors (Lipinski definition) is 2. The van der Waals surface area contributed by atoms with Crippen LogP contribution >= 0.6 is 0 Å². The minimum atomic E-state index is -0.878. The van der Waals surface area contributed by atoms with Crippen LogP contribution in [0.1, 0.15) is 42.6 Å². The van der Waals surface area contributed by atoms with Crippen molar-refractivity contribution in [2.24, 2.45) is 11.8 Å². The molecule has 1 rings (SSSR count). The largest absolute Gasteiger partial charge is 0.481 e. The van der Waals surface area contributed by atoms with Gasteiger partial charge in [-0.25, -0.2) is 4.39 Å². The first-order chi connectivity index (χ1) is 9.77. The quantitative estimate of drug-likeness (QED) is 0.812. The van der Waals surface area contributed by atoms with Crippen LogP contribution in [0, 0.1) is 24.6 Å². The first-order valence-corrected chi connectivity index (χ1v) is 7.05. The van der Waals surface area contributed by atoms with Crippen LogP contribution in [-0.2, 0) is 4.79 Å². The summed E-state index contributed by atoms with van der Waals surface area (Å²) < 4.78 is 13.3. The molecule has 1 aromatic rings. The van der Waals surface area contributed by atoms with Gasteiger partial charge in [0.1, 0.15) is 5.82 Å². The monoisotopic (exact) mass is 295 g/mol. The van der Waals surface area contributed by atoms with Crippen LogP contribution in [0.3, 0.4) is 0 Å². The summed E-state index contributed by atoms with van der Waals surface area (Å²) in [7, 11) is 0. The standard InChI is InChI=1S/C16H22FNO3/c1-10(2)4-12(7-15(19)20)9-18-16(21)13-5-11(3)6-14(17)8-13/h5-6,8,10,12H,4,7,9H2,1-3H3,(H,18,21)(H,19,20). The van der Waals surface area contributed by atoms with Crippen LogP contribution in [0.5, 0.6) is 0 Å². The topological polar surface area (TPSA) is 66.4 Å². The summed E-state index contributed by atoms with van der Waals surface area (Å²) in [4.78, 5) is 22.8. The van der Waals surface area contributed by atoms with E-state index in [1.54, 1.807) is 13.0 Å². The van der Waals surface area contributed by atoms with E-state index in [0.29, 0.717) is 11.5 Å². The molecule has 1 unspecified atom stereocenters. The number of halogens is 1. The lowest BCUT2D eigenvalue weighted by Gasteiger charge is -2.17. The Morgan fingerprint density at radius 2 is 1.95 bits per heavy atom. The van der Waals surface area contributed by atoms with E-state index in [1.165, 1.54) is 12.1 Å². The summed E-state index contributed by atoms with van der Waals surface area (Å²) in [5, 5.41) is 11.6. The number of amides is 1. The molecule has 1 aromatic carbocycles. The van der Waals surface area contributed by atoms with Crippen LogP contribution in [0.25, 0.3) is 0 Å². The lowest BCUT2D eigenvalue weighted by molar-refractivity contribution is -0.138. The highest BCUT2D eigenvalue weighted by atomic mass is 19.1. The van der Waals surface area contributed by atoms with Gasteiger partial charge in [0.25, 0.3) is 5.91 Å². The van der Waals surface area contributed by atoms with Gasteiger partial charge in [0.2, 0.25) is 0 Å². The number of carbonyl (C=O) groups is 2. The van der Waals surface area contributed by atoms with Gasteiger partial charge in [0.05, 0.1) is 0 Å². The van der Waals surface area contributed by atoms with E-state index in [1.807, 2.05) is 13.8 Å². The van der Waals surface area contributed by atoms with E-state index in [2.05, 4.69) is 5.32 Å². The molecule has 21 heavy (non-hydrogen) atoms. The lowest BCUT2D eigenvalue weighted by Crippen LogP contribution is -2.31. The third-order valence-electron chi connectivity index (χ3n) is 3.12. The van der Waals surface area contributed by atoms with Crippen molar-refractivity contribution in [2.75, 3.05) is 6.54 Å². The van der Waals surface area contributed by atoms with E-state index < -0.39 is 11.8 Å². The molecular weight excluding hydrogens is 273 g/mol. The Bertz CT molecular complexity index is 494. The molecule has 0 aliphatic heterocycles. The second-order valence-corrected chi connectivity index (χ2v) is 5.82. The van der Waals surface area contributed by atoms with Gasteiger partial charge < -0.3 is 10.4 Å². The van der Waals surface area contributed by atoms with Crippen molar-refractivity contribution >= 4 is 11.9 Å². The average molecular weight is 295 g/mol. The molecule has 0 radical (unpaired) electrons. The van der Waals surface area contributed by atoms with Crippen LogP contribution in [0.15, 0.2) is 18.2 Å². The summed E-state index contributed by atoms with van der Waals surface area (Å²) in [5.41, 5.74) is 0.926. The molecule has 2 N–H and O–H groups in total. The minimum Gasteiger partial charge on any atom is -0.481 e. The predicted octanol–water partition coefficient (Wildman–Crippen LogP) is 3.00. The van der Waals surface area contributed by atoms with Crippen LogP contribution in [-0.4, -0.2) is 23.5 Å². The smallest absolute Gasteiger partial charge is 0.303 e. The predicted molar refractivity (Wildman–Crippen MR) is 78.7 cm³/mol. The fourth-order valence-corrected chi connectivity index (χ4v) is 2.36. The van der Waals surface area contributed by atoms with Crippen LogP contribution < -0.4 is 5.32 Å². The van der Waals surface area contributed by atoms with Crippen molar-refractivity contribution in [3.63, 3.8) is 0 Å². The summed E-state index contributed by atoms with van der Waals surface area (Å²) in [6.45, 7) is 6.00. The molecule has 116 valence electrons. The summed E-state index contributed by atoms with van der Waals surface area (Å²) in [6.07, 6.45) is 0.732. The summed E-state index contributed by atoms with van der Waals surface area (Å²) in [6, 6.07) is 4.13. The molecule has 0 fully saturated rings. The molecule has 1 amide bonds. The molecule has 5 heteroatoms. The number of nitrogens with one attached hydrogen (secondary N) is 1. The van der Waals surface area contributed by atoms with Crippen molar-refractivity contribution < 1.29 is 19.1 Å². The Kier molecular flexibility index (Phi) is 6.34. The molecule has 4 nitrogen and oxygen atoms in total. The first kappa shape index (κ1) is 17.1. The van der Waals surface area contributed by atoms with Crippen molar-refractivity contribution in [2.45, 2.75) is 33.6 Å². The van der Waals surface area contributed by atoms with Crippen molar-refractivity contribution in [1.82, 2.24) is 5.32 Å². The molecule has 0 aliphatic carbocycles. The second kappa shape index (κ2) is 7.76. The maximum absolute atomic E-state index is 13.3. The highest BCUT2D eigenvalue weighted by molar-refractivity contribution is 5.94. The molecule has 0 aromatic heterocycles. The molecule has 0 bridgehead atoms. The third kappa shape index (κ3) is 6.38. The Balaban J connectivity index is 2.65. The molecule has 0 saturated heterocycles. The zero-order valence-corrected chi connectivity index (χ0v) is 12.6. The molecule has 0 saturated carbocycles. The first-order valence-electron chi connectivity index (χ1n) is 7.05. The van der Waals surface area contributed by atoms with Gasteiger partial charge in [0, 0.05) is 18.5 Å². The summed E-state index contributed by atoms with van der Waals surface area (Å²) >= 11 is 0. The Hall–Kier alpha value is -1.91. The highest BCUT2D eigenvalue weighted by Crippen LogP contribution is 2.15. The van der Waals surface area contributed by atoms with E-state index in [0.717, 1.165) is 6.42 Å². The van der Waals surface area contributed by atoms with Gasteiger partial charge in [-0.2, -0.15) is 0 Å². The van der Waals surface area contributed by atoms with Crippen molar-refractivity contribution in [3.05, 3.63) is 35.1 Å². The molecule has 0 heterocycles. The number of carbonyl (C=O) groups excluding carboxylic acids is 1. The third-order valence-corrected chi connectivity index (χ3v) is 3.12. The zero-order valence-electron chi connectivity index (χ0n) is 12.6. The number of aryl methyl sites for hydroxylation is 1. The Labute approximate surface area is 124 Å². The number of hydrogen-bond donors (Lipinski definition) is 2. The Morgan fingerprint density at radius 3 is 2.48 bits per heavy atom. The number of benzene rings is 1. The Morgan fingerprint density at radius 1 is 1.29 bits per heavy atom. The molecular formula is C16H22FNO3. The van der Waals surface area contributed by atoms with Gasteiger partial charge in [-0.05, 0) is 48.9 Å². The highest BCUT2D eigenvalue weighted by Gasteiger charge is 2.17. The number of carboxylic acid groups (broad SMARTS) is 1. The lowest BCUT2D eigenvalue weighted by atomic mass is 9.94. The number of carboxylic acids is 1. The van der Waals surface area contributed by atoms with E-state index in [4.69, 9.17) is 5.11 Å². The van der Waals surface area contributed by atoms with Gasteiger partial charge in [-0.1, -0.05) is 13.8 Å². The van der Waals surface area contributed by atoms with Gasteiger partial charge >= 0.3 is 5.97 Å². The fraction of sp³-hybridized carbons (Fsp3) is 0.500. The number of aliphatic carboxylic acids is 1. The molecule has 0 aliphatic rings. The van der Waals surface area contributed by atoms with Crippen LogP contribution in [0.2, 0.25) is 0 Å². The van der Waals surface area contributed by atoms with Crippen LogP contribution in [0.4, 0.5) is 4.39 Å². The van der Waals surface area contributed by atoms with E-state index in [-0.39, 0.29) is 30.4 Å². The van der Waals surface area contributed by atoms with E-state index >= 15 is 0 Å². The maximum atomic E-state index is 13.3. The zero-order chi connectivity index (χ0) is 16.0. The van der Waals surface area contributed by atoms with Gasteiger partial charge in [0.15, 0.2) is 0 Å². The summed E-state index contributed by atoms with van der Waals surface area (Å²) in [5.74, 6) is -1.48. The molecule has 0 spiro atoms. The normalized spacial score (nSPS) is 12.2. The SMILES string of the molecule is Cc1cc(F)cc(C(=O)NCC(CC(=O)O)CC(C)C)c1. The minimum absolute atomic E-state index is 0.0145. The number of rotatable bonds is 7. The second-order valence-electron chi connectivity index (χ2n) is 5.82. The van der Waals surface area contributed by atoms with Gasteiger partial charge in [-0.15, -0.1) is 0 Å².